The molecule has 0 radical (unpaired) electrons. The predicted molar refractivity (Wildman–Crippen MR) is 118 cm³/mol. The smallest absolute Gasteiger partial charge is 0.305 e. The van der Waals surface area contributed by atoms with E-state index in [4.69, 9.17) is 0 Å². The van der Waals surface area contributed by atoms with Gasteiger partial charge in [0.25, 0.3) is 0 Å². The van der Waals surface area contributed by atoms with E-state index in [-0.39, 0.29) is 23.9 Å². The Morgan fingerprint density at radius 2 is 1.86 bits per heavy atom. The van der Waals surface area contributed by atoms with Crippen molar-refractivity contribution in [2.24, 2.45) is 23.7 Å². The maximum absolute atomic E-state index is 11.1. The van der Waals surface area contributed by atoms with Crippen LogP contribution in [0.5, 0.6) is 0 Å². The summed E-state index contributed by atoms with van der Waals surface area (Å²) in [6, 6.07) is 0. The number of rotatable bonds is 13. The lowest BCUT2D eigenvalue weighted by Gasteiger charge is -2.22. The summed E-state index contributed by atoms with van der Waals surface area (Å²) < 4.78 is 4.67. The lowest BCUT2D eigenvalue weighted by molar-refractivity contribution is -0.140. The Morgan fingerprint density at radius 1 is 1.18 bits per heavy atom. The first kappa shape index (κ1) is 25.6. The molecule has 0 aromatic heterocycles. The van der Waals surface area contributed by atoms with Crippen molar-refractivity contribution in [3.63, 3.8) is 0 Å². The number of ether oxygens (including phenoxy) is 1. The Bertz CT molecular complexity index is 466. The van der Waals surface area contributed by atoms with Crippen LogP contribution in [0.3, 0.4) is 0 Å². The molecular weight excluding hydrogens is 420 g/mol. The highest BCUT2D eigenvalue weighted by atomic mass is 79.9. The highest BCUT2D eigenvalue weighted by molar-refractivity contribution is 9.09. The van der Waals surface area contributed by atoms with Crippen molar-refractivity contribution in [1.82, 2.24) is 0 Å². The second-order valence-electron chi connectivity index (χ2n) is 8.91. The molecule has 5 heteroatoms. The van der Waals surface area contributed by atoms with Crippen LogP contribution in [0.4, 0.5) is 0 Å². The summed E-state index contributed by atoms with van der Waals surface area (Å²) in [4.78, 5) is 11.5. The Hall–Kier alpha value is -0.390. The highest BCUT2D eigenvalue weighted by Crippen LogP contribution is 2.41. The second-order valence-corrected chi connectivity index (χ2v) is 10.1. The van der Waals surface area contributed by atoms with Gasteiger partial charge in [0.15, 0.2) is 0 Å². The largest absolute Gasteiger partial charge is 0.469 e. The van der Waals surface area contributed by atoms with Gasteiger partial charge in [-0.1, -0.05) is 74.5 Å². The number of alkyl halides is 1. The molecule has 1 unspecified atom stereocenters. The molecule has 1 rings (SSSR count). The number of carbonyl (C=O) groups is 1. The minimum absolute atomic E-state index is 0.103. The van der Waals surface area contributed by atoms with E-state index in [1.165, 1.54) is 7.11 Å². The molecule has 6 atom stereocenters. The molecule has 0 aromatic carbocycles. The van der Waals surface area contributed by atoms with Gasteiger partial charge in [-0.15, -0.1) is 0 Å². The molecular formula is C23H41BrO4. The van der Waals surface area contributed by atoms with Crippen molar-refractivity contribution in [2.75, 3.05) is 7.11 Å². The lowest BCUT2D eigenvalue weighted by atomic mass is 9.88. The second kappa shape index (κ2) is 13.8. The zero-order valence-corrected chi connectivity index (χ0v) is 19.7. The van der Waals surface area contributed by atoms with Crippen LogP contribution in [0.25, 0.3) is 0 Å². The van der Waals surface area contributed by atoms with Crippen LogP contribution in [0.15, 0.2) is 12.2 Å². The van der Waals surface area contributed by atoms with Gasteiger partial charge < -0.3 is 14.9 Å². The summed E-state index contributed by atoms with van der Waals surface area (Å²) in [7, 11) is 1.43. The first-order valence-electron chi connectivity index (χ1n) is 11.0. The Kier molecular flexibility index (Phi) is 12.6. The van der Waals surface area contributed by atoms with E-state index in [1.807, 2.05) is 6.08 Å². The third-order valence-corrected chi connectivity index (χ3v) is 7.13. The Balaban J connectivity index is 2.44. The van der Waals surface area contributed by atoms with E-state index < -0.39 is 6.10 Å². The molecule has 28 heavy (non-hydrogen) atoms. The van der Waals surface area contributed by atoms with E-state index in [1.54, 1.807) is 0 Å². The maximum Gasteiger partial charge on any atom is 0.305 e. The van der Waals surface area contributed by atoms with Crippen LogP contribution in [0, 0.1) is 23.7 Å². The van der Waals surface area contributed by atoms with Gasteiger partial charge in [0.05, 0.1) is 19.3 Å². The van der Waals surface area contributed by atoms with Crippen molar-refractivity contribution in [2.45, 2.75) is 95.6 Å². The van der Waals surface area contributed by atoms with Gasteiger partial charge in [0, 0.05) is 17.2 Å². The molecule has 1 saturated carbocycles. The molecule has 0 saturated heterocycles. The van der Waals surface area contributed by atoms with Crippen LogP contribution in [-0.2, 0) is 9.53 Å². The number of methoxy groups -OCH3 is 1. The number of aliphatic hydroxyl groups is 2. The van der Waals surface area contributed by atoms with Crippen molar-refractivity contribution in [3.05, 3.63) is 12.2 Å². The SMILES string of the molecule is COC(=O)CCCCCC[C@@H]1[C@@H](/C=C/[C@@H](O)C(C)CCC(C)C)[C@H](O)C[C@@H]1Br. The van der Waals surface area contributed by atoms with Gasteiger partial charge >= 0.3 is 5.97 Å². The first-order valence-corrected chi connectivity index (χ1v) is 11.9. The molecule has 0 amide bonds. The molecule has 1 aliphatic rings. The molecule has 0 aromatic rings. The molecule has 164 valence electrons. The molecule has 1 fully saturated rings. The quantitative estimate of drug-likeness (QED) is 0.170. The van der Waals surface area contributed by atoms with Crippen molar-refractivity contribution in [1.29, 1.82) is 0 Å². The van der Waals surface area contributed by atoms with E-state index in [0.717, 1.165) is 51.4 Å². The average molecular weight is 461 g/mol. The summed E-state index contributed by atoms with van der Waals surface area (Å²) in [5.41, 5.74) is 0. The minimum Gasteiger partial charge on any atom is -0.469 e. The number of hydrogen-bond donors (Lipinski definition) is 2. The fourth-order valence-corrected chi connectivity index (χ4v) is 5.04. The molecule has 0 heterocycles. The van der Waals surface area contributed by atoms with E-state index >= 15 is 0 Å². The van der Waals surface area contributed by atoms with Crippen LogP contribution >= 0.6 is 15.9 Å². The molecule has 0 spiro atoms. The van der Waals surface area contributed by atoms with Crippen molar-refractivity contribution >= 4 is 21.9 Å². The fraction of sp³-hybridized carbons (Fsp3) is 0.870. The van der Waals surface area contributed by atoms with Gasteiger partial charge in [-0.05, 0) is 43.4 Å². The highest BCUT2D eigenvalue weighted by Gasteiger charge is 2.39. The predicted octanol–water partition coefficient (Wildman–Crippen LogP) is 5.25. The summed E-state index contributed by atoms with van der Waals surface area (Å²) in [5, 5.41) is 20.9. The van der Waals surface area contributed by atoms with E-state index in [9.17, 15) is 15.0 Å². The van der Waals surface area contributed by atoms with Gasteiger partial charge in [0.1, 0.15) is 0 Å². The molecule has 4 nitrogen and oxygen atoms in total. The zero-order valence-electron chi connectivity index (χ0n) is 18.1. The fourth-order valence-electron chi connectivity index (χ4n) is 4.04. The third kappa shape index (κ3) is 9.41. The summed E-state index contributed by atoms with van der Waals surface area (Å²) in [6.45, 7) is 6.52. The topological polar surface area (TPSA) is 66.8 Å². The number of esters is 1. The van der Waals surface area contributed by atoms with Gasteiger partial charge in [-0.3, -0.25) is 4.79 Å². The van der Waals surface area contributed by atoms with Crippen LogP contribution < -0.4 is 0 Å². The first-order chi connectivity index (χ1) is 13.3. The van der Waals surface area contributed by atoms with Gasteiger partial charge in [-0.2, -0.15) is 0 Å². The van der Waals surface area contributed by atoms with E-state index in [0.29, 0.717) is 23.1 Å². The van der Waals surface area contributed by atoms with Crippen molar-refractivity contribution in [3.8, 4) is 0 Å². The van der Waals surface area contributed by atoms with Crippen LogP contribution in [0.2, 0.25) is 0 Å². The number of carbonyl (C=O) groups excluding carboxylic acids is 1. The van der Waals surface area contributed by atoms with E-state index in [2.05, 4.69) is 47.5 Å². The Labute approximate surface area is 180 Å². The van der Waals surface area contributed by atoms with Crippen molar-refractivity contribution < 1.29 is 19.7 Å². The number of aliphatic hydroxyl groups excluding tert-OH is 2. The standard InChI is InChI=1S/C23H41BrO4/c1-16(2)11-12-17(3)21(25)14-13-19-18(20(24)15-22(19)26)9-7-5-6-8-10-23(27)28-4/h13-14,16-22,25-26H,5-12,15H2,1-4H3/b14-13+/t17?,18-,19-,20+,21-,22-/m1/s1. The number of unbranched alkanes of at least 4 members (excludes halogenated alkanes) is 3. The lowest BCUT2D eigenvalue weighted by Crippen LogP contribution is -2.21. The maximum atomic E-state index is 11.1. The number of hydrogen-bond acceptors (Lipinski definition) is 4. The summed E-state index contributed by atoms with van der Waals surface area (Å²) >= 11 is 3.76. The summed E-state index contributed by atoms with van der Waals surface area (Å²) in [6.07, 6.45) is 11.7. The monoisotopic (exact) mass is 460 g/mol. The normalized spacial score (nSPS) is 27.4. The molecule has 0 bridgehead atoms. The molecule has 1 aliphatic carbocycles. The minimum atomic E-state index is -0.445. The Morgan fingerprint density at radius 3 is 2.50 bits per heavy atom. The van der Waals surface area contributed by atoms with Crippen LogP contribution in [0.1, 0.15) is 78.6 Å². The summed E-state index contributed by atoms with van der Waals surface area (Å²) in [5.74, 6) is 1.26. The average Bonchev–Trinajstić information content (AvgIpc) is 2.92. The molecule has 0 aliphatic heterocycles. The van der Waals surface area contributed by atoms with Gasteiger partial charge in [-0.25, -0.2) is 0 Å². The van der Waals surface area contributed by atoms with Crippen LogP contribution in [-0.4, -0.2) is 40.3 Å². The number of halogens is 1. The third-order valence-electron chi connectivity index (χ3n) is 6.08. The zero-order chi connectivity index (χ0) is 21.1. The molecule has 2 N–H and O–H groups in total. The van der Waals surface area contributed by atoms with Gasteiger partial charge in [0.2, 0.25) is 0 Å².